The molecule has 0 aromatic heterocycles. The van der Waals surface area contributed by atoms with E-state index in [0.29, 0.717) is 22.0 Å². The SMILES string of the molecule is Cc1c(Cl)cccc1N(CC(=O)NCCOc1ccc(F)cc1)S(=O)(=O)c1ccccc1. The van der Waals surface area contributed by atoms with Crippen LogP contribution in [0.5, 0.6) is 5.75 Å². The van der Waals surface area contributed by atoms with E-state index in [1.165, 1.54) is 36.4 Å². The summed E-state index contributed by atoms with van der Waals surface area (Å²) in [7, 11) is -4.02. The molecule has 1 amide bonds. The fourth-order valence-corrected chi connectivity index (χ4v) is 4.63. The van der Waals surface area contributed by atoms with E-state index < -0.39 is 22.5 Å². The van der Waals surface area contributed by atoms with Gasteiger partial charge in [0.15, 0.2) is 0 Å². The summed E-state index contributed by atoms with van der Waals surface area (Å²) in [4.78, 5) is 12.7. The van der Waals surface area contributed by atoms with Gasteiger partial charge in [0.1, 0.15) is 24.7 Å². The number of nitrogens with one attached hydrogen (secondary N) is 1. The molecule has 9 heteroatoms. The van der Waals surface area contributed by atoms with Gasteiger partial charge in [-0.05, 0) is 61.0 Å². The number of halogens is 2. The third-order valence-corrected chi connectivity index (χ3v) is 6.82. The Morgan fingerprint density at radius 2 is 1.72 bits per heavy atom. The quantitative estimate of drug-likeness (QED) is 0.470. The molecule has 3 aromatic rings. The molecule has 32 heavy (non-hydrogen) atoms. The minimum Gasteiger partial charge on any atom is -0.492 e. The molecule has 0 spiro atoms. The van der Waals surface area contributed by atoms with E-state index in [2.05, 4.69) is 5.32 Å². The second-order valence-electron chi connectivity index (χ2n) is 6.86. The van der Waals surface area contributed by atoms with Crippen molar-refractivity contribution in [3.05, 3.63) is 89.2 Å². The average Bonchev–Trinajstić information content (AvgIpc) is 2.79. The van der Waals surface area contributed by atoms with E-state index in [0.717, 1.165) is 4.31 Å². The number of hydrogen-bond donors (Lipinski definition) is 1. The number of carbonyl (C=O) groups excluding carboxylic acids is 1. The monoisotopic (exact) mass is 476 g/mol. The number of amides is 1. The molecule has 0 heterocycles. The molecule has 3 aromatic carbocycles. The maximum Gasteiger partial charge on any atom is 0.264 e. The number of ether oxygens (including phenoxy) is 1. The van der Waals surface area contributed by atoms with Crippen molar-refractivity contribution in [1.82, 2.24) is 5.32 Å². The lowest BCUT2D eigenvalue weighted by molar-refractivity contribution is -0.119. The molecule has 0 fully saturated rings. The minimum atomic E-state index is -4.02. The summed E-state index contributed by atoms with van der Waals surface area (Å²) in [6.07, 6.45) is 0. The molecule has 0 radical (unpaired) electrons. The summed E-state index contributed by atoms with van der Waals surface area (Å²) in [5, 5.41) is 3.04. The van der Waals surface area contributed by atoms with Gasteiger partial charge in [-0.3, -0.25) is 9.10 Å². The highest BCUT2D eigenvalue weighted by Crippen LogP contribution is 2.30. The third kappa shape index (κ3) is 5.77. The lowest BCUT2D eigenvalue weighted by Crippen LogP contribution is -2.42. The minimum absolute atomic E-state index is 0.0619. The van der Waals surface area contributed by atoms with Gasteiger partial charge >= 0.3 is 0 Å². The van der Waals surface area contributed by atoms with Crippen LogP contribution >= 0.6 is 11.6 Å². The zero-order chi connectivity index (χ0) is 23.1. The molecule has 0 atom stereocenters. The van der Waals surface area contributed by atoms with Crippen LogP contribution in [-0.4, -0.2) is 34.0 Å². The van der Waals surface area contributed by atoms with Crippen LogP contribution in [0.1, 0.15) is 5.56 Å². The van der Waals surface area contributed by atoms with Crippen molar-refractivity contribution in [1.29, 1.82) is 0 Å². The molecule has 1 N–H and O–H groups in total. The second kappa shape index (κ2) is 10.5. The molecule has 0 saturated heterocycles. The number of rotatable bonds is 9. The second-order valence-corrected chi connectivity index (χ2v) is 9.13. The first-order valence-corrected chi connectivity index (χ1v) is 11.6. The number of carbonyl (C=O) groups is 1. The standard InChI is InChI=1S/C23H22ClFN2O4S/c1-17-21(24)8-5-9-22(17)27(32(29,30)20-6-3-2-4-7-20)16-23(28)26-14-15-31-19-12-10-18(25)11-13-19/h2-13H,14-16H2,1H3,(H,26,28). The van der Waals surface area contributed by atoms with Crippen LogP contribution in [0.25, 0.3) is 0 Å². The van der Waals surface area contributed by atoms with E-state index in [1.807, 2.05) is 0 Å². The highest BCUT2D eigenvalue weighted by molar-refractivity contribution is 7.92. The summed E-state index contributed by atoms with van der Waals surface area (Å²) >= 11 is 6.20. The van der Waals surface area contributed by atoms with Crippen LogP contribution in [0.2, 0.25) is 5.02 Å². The molecule has 0 bridgehead atoms. The largest absolute Gasteiger partial charge is 0.492 e. The number of hydrogen-bond acceptors (Lipinski definition) is 4. The fraction of sp³-hybridized carbons (Fsp3) is 0.174. The van der Waals surface area contributed by atoms with E-state index >= 15 is 0 Å². The predicted octanol–water partition coefficient (Wildman–Crippen LogP) is 4.18. The highest BCUT2D eigenvalue weighted by Gasteiger charge is 2.28. The van der Waals surface area contributed by atoms with Gasteiger partial charge < -0.3 is 10.1 Å². The molecule has 3 rings (SSSR count). The summed E-state index contributed by atoms with van der Waals surface area (Å²) in [6, 6.07) is 18.3. The van der Waals surface area contributed by atoms with Crippen LogP contribution < -0.4 is 14.4 Å². The first-order valence-electron chi connectivity index (χ1n) is 9.77. The number of anilines is 1. The van der Waals surface area contributed by atoms with Crippen molar-refractivity contribution in [3.8, 4) is 5.75 Å². The number of nitrogens with zero attached hydrogens (tertiary/aromatic N) is 1. The van der Waals surface area contributed by atoms with Crippen molar-refractivity contribution in [3.63, 3.8) is 0 Å². The lowest BCUT2D eigenvalue weighted by Gasteiger charge is -2.26. The molecule has 0 saturated carbocycles. The van der Waals surface area contributed by atoms with Crippen LogP contribution in [0.15, 0.2) is 77.7 Å². The Labute approximate surface area is 191 Å². The molecule has 0 unspecified atom stereocenters. The number of benzene rings is 3. The first kappa shape index (κ1) is 23.6. The summed E-state index contributed by atoms with van der Waals surface area (Å²) in [5.41, 5.74) is 0.861. The topological polar surface area (TPSA) is 75.7 Å². The van der Waals surface area contributed by atoms with Crippen LogP contribution in [-0.2, 0) is 14.8 Å². The van der Waals surface area contributed by atoms with Gasteiger partial charge in [-0.25, -0.2) is 12.8 Å². The molecule has 0 aliphatic carbocycles. The van der Waals surface area contributed by atoms with E-state index in [9.17, 15) is 17.6 Å². The van der Waals surface area contributed by atoms with Gasteiger partial charge in [-0.2, -0.15) is 0 Å². The van der Waals surface area contributed by atoms with Crippen molar-refractivity contribution < 1.29 is 22.3 Å². The van der Waals surface area contributed by atoms with Crippen LogP contribution in [0.3, 0.4) is 0 Å². The summed E-state index contributed by atoms with van der Waals surface area (Å²) in [5.74, 6) is -0.420. The van der Waals surface area contributed by atoms with Gasteiger partial charge in [0.05, 0.1) is 17.1 Å². The predicted molar refractivity (Wildman–Crippen MR) is 122 cm³/mol. The summed E-state index contributed by atoms with van der Waals surface area (Å²) < 4.78 is 46.1. The van der Waals surface area contributed by atoms with Crippen molar-refractivity contribution in [2.45, 2.75) is 11.8 Å². The molecule has 0 aliphatic rings. The zero-order valence-corrected chi connectivity index (χ0v) is 18.9. The van der Waals surface area contributed by atoms with Gasteiger partial charge in [0.2, 0.25) is 5.91 Å². The first-order chi connectivity index (χ1) is 15.3. The van der Waals surface area contributed by atoms with E-state index in [-0.39, 0.29) is 23.9 Å². The molecule has 168 valence electrons. The third-order valence-electron chi connectivity index (χ3n) is 4.63. The highest BCUT2D eigenvalue weighted by atomic mass is 35.5. The Hall–Kier alpha value is -3.10. The van der Waals surface area contributed by atoms with E-state index in [4.69, 9.17) is 16.3 Å². The maximum absolute atomic E-state index is 13.3. The molecular formula is C23H22ClFN2O4S. The normalized spacial score (nSPS) is 11.1. The van der Waals surface area contributed by atoms with Crippen LogP contribution in [0, 0.1) is 12.7 Å². The Bertz CT molecular complexity index is 1170. The Kier molecular flexibility index (Phi) is 7.71. The van der Waals surface area contributed by atoms with Gasteiger partial charge in [0.25, 0.3) is 10.0 Å². The van der Waals surface area contributed by atoms with Gasteiger partial charge in [-0.1, -0.05) is 35.9 Å². The van der Waals surface area contributed by atoms with Crippen molar-refractivity contribution >= 4 is 33.2 Å². The fourth-order valence-electron chi connectivity index (χ4n) is 2.96. The zero-order valence-electron chi connectivity index (χ0n) is 17.3. The van der Waals surface area contributed by atoms with E-state index in [1.54, 1.807) is 43.3 Å². The smallest absolute Gasteiger partial charge is 0.264 e. The number of sulfonamides is 1. The molecule has 6 nitrogen and oxygen atoms in total. The van der Waals surface area contributed by atoms with Gasteiger partial charge in [0, 0.05) is 5.02 Å². The lowest BCUT2D eigenvalue weighted by atomic mass is 10.2. The van der Waals surface area contributed by atoms with Gasteiger partial charge in [-0.15, -0.1) is 0 Å². The average molecular weight is 477 g/mol. The Morgan fingerprint density at radius 3 is 2.41 bits per heavy atom. The van der Waals surface area contributed by atoms with Crippen LogP contribution in [0.4, 0.5) is 10.1 Å². The summed E-state index contributed by atoms with van der Waals surface area (Å²) in [6.45, 7) is 1.54. The van der Waals surface area contributed by atoms with Crippen molar-refractivity contribution in [2.75, 3.05) is 24.0 Å². The molecular weight excluding hydrogens is 455 g/mol. The van der Waals surface area contributed by atoms with Crippen molar-refractivity contribution in [2.24, 2.45) is 0 Å². The molecule has 0 aliphatic heterocycles. The Balaban J connectivity index is 1.73. The Morgan fingerprint density at radius 1 is 1.03 bits per heavy atom. The maximum atomic E-state index is 13.3.